The van der Waals surface area contributed by atoms with Crippen LogP contribution in [0.15, 0.2) is 40.9 Å². The molecule has 0 radical (unpaired) electrons. The molecule has 0 amide bonds. The van der Waals surface area contributed by atoms with E-state index in [1.807, 2.05) is 16.7 Å². The van der Waals surface area contributed by atoms with Gasteiger partial charge in [-0.2, -0.15) is 0 Å². The first-order chi connectivity index (χ1) is 9.60. The van der Waals surface area contributed by atoms with Gasteiger partial charge >= 0.3 is 0 Å². The van der Waals surface area contributed by atoms with Gasteiger partial charge in [-0.1, -0.05) is 27.5 Å². The molecule has 0 saturated heterocycles. The van der Waals surface area contributed by atoms with Crippen molar-refractivity contribution in [1.82, 2.24) is 9.55 Å². The SMILES string of the molecule is Fc1ccc2c(c1)nc(CCl)n2-c1ccc(Br)cc1Cl. The van der Waals surface area contributed by atoms with Gasteiger partial charge in [0.05, 0.1) is 27.6 Å². The summed E-state index contributed by atoms with van der Waals surface area (Å²) in [6.07, 6.45) is 0. The number of nitrogens with zero attached hydrogens (tertiary/aromatic N) is 2. The molecule has 0 saturated carbocycles. The molecule has 3 rings (SSSR count). The Morgan fingerprint density at radius 2 is 2.00 bits per heavy atom. The van der Waals surface area contributed by atoms with Crippen molar-refractivity contribution in [3.63, 3.8) is 0 Å². The van der Waals surface area contributed by atoms with Gasteiger partial charge in [0, 0.05) is 10.5 Å². The van der Waals surface area contributed by atoms with E-state index in [9.17, 15) is 4.39 Å². The van der Waals surface area contributed by atoms with Crippen molar-refractivity contribution in [1.29, 1.82) is 0 Å². The van der Waals surface area contributed by atoms with Gasteiger partial charge in [-0.25, -0.2) is 9.37 Å². The van der Waals surface area contributed by atoms with Gasteiger partial charge in [0.25, 0.3) is 0 Å². The van der Waals surface area contributed by atoms with Gasteiger partial charge in [-0.3, -0.25) is 4.57 Å². The van der Waals surface area contributed by atoms with E-state index in [2.05, 4.69) is 20.9 Å². The number of rotatable bonds is 2. The zero-order valence-electron chi connectivity index (χ0n) is 10.1. The molecular formula is C14H8BrCl2FN2. The van der Waals surface area contributed by atoms with Crippen molar-refractivity contribution in [3.05, 3.63) is 57.5 Å². The molecule has 102 valence electrons. The molecule has 20 heavy (non-hydrogen) atoms. The standard InChI is InChI=1S/C14H8BrCl2FN2/c15-8-1-3-12(10(17)5-8)20-13-4-2-9(18)6-11(13)19-14(20)7-16/h1-6H,7H2. The molecule has 0 N–H and O–H groups in total. The molecule has 3 aromatic rings. The number of imidazole rings is 1. The molecular weight excluding hydrogens is 366 g/mol. The second-order valence-electron chi connectivity index (χ2n) is 4.23. The minimum Gasteiger partial charge on any atom is -0.294 e. The van der Waals surface area contributed by atoms with Crippen molar-refractivity contribution in [2.24, 2.45) is 0 Å². The van der Waals surface area contributed by atoms with Crippen molar-refractivity contribution in [2.75, 3.05) is 0 Å². The smallest absolute Gasteiger partial charge is 0.129 e. The van der Waals surface area contributed by atoms with Crippen LogP contribution < -0.4 is 0 Å². The van der Waals surface area contributed by atoms with E-state index in [1.165, 1.54) is 12.1 Å². The summed E-state index contributed by atoms with van der Waals surface area (Å²) in [7, 11) is 0. The molecule has 2 aromatic carbocycles. The molecule has 6 heteroatoms. The molecule has 0 spiro atoms. The van der Waals surface area contributed by atoms with Crippen LogP contribution in [-0.2, 0) is 5.88 Å². The van der Waals surface area contributed by atoms with Crippen LogP contribution in [0.5, 0.6) is 0 Å². The number of alkyl halides is 1. The lowest BCUT2D eigenvalue weighted by molar-refractivity contribution is 0.629. The lowest BCUT2D eigenvalue weighted by Crippen LogP contribution is -2.00. The highest BCUT2D eigenvalue weighted by Crippen LogP contribution is 2.30. The third-order valence-electron chi connectivity index (χ3n) is 2.96. The average Bonchev–Trinajstić information content (AvgIpc) is 2.76. The van der Waals surface area contributed by atoms with Gasteiger partial charge in [-0.15, -0.1) is 11.6 Å². The molecule has 2 nitrogen and oxygen atoms in total. The maximum absolute atomic E-state index is 13.3. The Balaban J connectivity index is 2.34. The van der Waals surface area contributed by atoms with E-state index in [0.717, 1.165) is 15.7 Å². The Morgan fingerprint density at radius 1 is 1.20 bits per heavy atom. The normalized spacial score (nSPS) is 11.2. The Labute approximate surface area is 133 Å². The summed E-state index contributed by atoms with van der Waals surface area (Å²) < 4.78 is 16.0. The van der Waals surface area contributed by atoms with E-state index >= 15 is 0 Å². The predicted molar refractivity (Wildman–Crippen MR) is 83.3 cm³/mol. The van der Waals surface area contributed by atoms with E-state index < -0.39 is 0 Å². The molecule has 0 aliphatic rings. The maximum atomic E-state index is 13.3. The van der Waals surface area contributed by atoms with Crippen LogP contribution in [0.4, 0.5) is 4.39 Å². The molecule has 0 aliphatic heterocycles. The van der Waals surface area contributed by atoms with Crippen LogP contribution in [0, 0.1) is 5.82 Å². The highest BCUT2D eigenvalue weighted by Gasteiger charge is 2.14. The lowest BCUT2D eigenvalue weighted by atomic mass is 10.2. The zero-order valence-corrected chi connectivity index (χ0v) is 13.2. The topological polar surface area (TPSA) is 17.8 Å². The number of hydrogen-bond acceptors (Lipinski definition) is 1. The average molecular weight is 374 g/mol. The first-order valence-electron chi connectivity index (χ1n) is 5.78. The van der Waals surface area contributed by atoms with Crippen LogP contribution in [-0.4, -0.2) is 9.55 Å². The molecule has 0 unspecified atom stereocenters. The Hall–Kier alpha value is -1.10. The van der Waals surface area contributed by atoms with Crippen molar-refractivity contribution in [2.45, 2.75) is 5.88 Å². The Bertz CT molecular complexity index is 801. The van der Waals surface area contributed by atoms with Crippen LogP contribution in [0.3, 0.4) is 0 Å². The van der Waals surface area contributed by atoms with Gasteiger partial charge in [0.15, 0.2) is 0 Å². The Morgan fingerprint density at radius 3 is 2.70 bits per heavy atom. The van der Waals surface area contributed by atoms with Gasteiger partial charge in [0.2, 0.25) is 0 Å². The predicted octanol–water partition coefficient (Wildman–Crippen LogP) is 5.32. The summed E-state index contributed by atoms with van der Waals surface area (Å²) in [5.41, 5.74) is 2.09. The summed E-state index contributed by atoms with van der Waals surface area (Å²) >= 11 is 15.6. The highest BCUT2D eigenvalue weighted by atomic mass is 79.9. The van der Waals surface area contributed by atoms with E-state index in [4.69, 9.17) is 23.2 Å². The van der Waals surface area contributed by atoms with Crippen molar-refractivity contribution < 1.29 is 4.39 Å². The quantitative estimate of drug-likeness (QED) is 0.556. The monoisotopic (exact) mass is 372 g/mol. The zero-order chi connectivity index (χ0) is 14.3. The molecule has 1 aromatic heterocycles. The van der Waals surface area contributed by atoms with E-state index in [-0.39, 0.29) is 11.7 Å². The molecule has 0 atom stereocenters. The summed E-state index contributed by atoms with van der Waals surface area (Å²) in [5, 5.41) is 0.564. The number of fused-ring (bicyclic) bond motifs is 1. The van der Waals surface area contributed by atoms with Gasteiger partial charge in [0.1, 0.15) is 11.6 Å². The van der Waals surface area contributed by atoms with Crippen molar-refractivity contribution >= 4 is 50.2 Å². The van der Waals surface area contributed by atoms with Crippen molar-refractivity contribution in [3.8, 4) is 5.69 Å². The first-order valence-corrected chi connectivity index (χ1v) is 7.49. The maximum Gasteiger partial charge on any atom is 0.129 e. The number of hydrogen-bond donors (Lipinski definition) is 0. The van der Waals surface area contributed by atoms with E-state index in [1.54, 1.807) is 12.1 Å². The van der Waals surface area contributed by atoms with Crippen LogP contribution >= 0.6 is 39.1 Å². The summed E-state index contributed by atoms with van der Waals surface area (Å²) in [6.45, 7) is 0. The first kappa shape index (κ1) is 13.9. The number of aromatic nitrogens is 2. The second kappa shape index (κ2) is 5.35. The number of halogens is 4. The highest BCUT2D eigenvalue weighted by molar-refractivity contribution is 9.10. The van der Waals surface area contributed by atoms with Crippen LogP contribution in [0.2, 0.25) is 5.02 Å². The van der Waals surface area contributed by atoms with Crippen LogP contribution in [0.25, 0.3) is 16.7 Å². The molecule has 0 bridgehead atoms. The van der Waals surface area contributed by atoms with E-state index in [0.29, 0.717) is 16.4 Å². The summed E-state index contributed by atoms with van der Waals surface area (Å²) in [6, 6.07) is 10.00. The fourth-order valence-corrected chi connectivity index (χ4v) is 3.06. The second-order valence-corrected chi connectivity index (χ2v) is 5.82. The third kappa shape index (κ3) is 2.32. The number of benzene rings is 2. The molecule has 0 fully saturated rings. The minimum absolute atomic E-state index is 0.211. The minimum atomic E-state index is -0.329. The van der Waals surface area contributed by atoms with Gasteiger partial charge in [-0.05, 0) is 30.3 Å². The summed E-state index contributed by atoms with van der Waals surface area (Å²) in [4.78, 5) is 4.35. The van der Waals surface area contributed by atoms with Crippen LogP contribution in [0.1, 0.15) is 5.82 Å². The lowest BCUT2D eigenvalue weighted by Gasteiger charge is -2.10. The molecule has 0 aliphatic carbocycles. The Kier molecular flexibility index (Phi) is 3.71. The molecule has 1 heterocycles. The summed E-state index contributed by atoms with van der Waals surface area (Å²) in [5.74, 6) is 0.504. The van der Waals surface area contributed by atoms with Gasteiger partial charge < -0.3 is 0 Å². The largest absolute Gasteiger partial charge is 0.294 e. The fourth-order valence-electron chi connectivity index (χ4n) is 2.12. The fraction of sp³-hybridized carbons (Fsp3) is 0.0714. The third-order valence-corrected chi connectivity index (χ3v) is 3.99.